The van der Waals surface area contributed by atoms with Crippen molar-refractivity contribution >= 4 is 15.9 Å². The van der Waals surface area contributed by atoms with Crippen LogP contribution in [0.15, 0.2) is 41.0 Å². The van der Waals surface area contributed by atoms with E-state index in [9.17, 15) is 4.39 Å². The second kappa shape index (κ2) is 5.14. The van der Waals surface area contributed by atoms with Crippen molar-refractivity contribution in [3.8, 4) is 17.4 Å². The van der Waals surface area contributed by atoms with E-state index in [4.69, 9.17) is 9.47 Å². The monoisotopic (exact) mass is 297 g/mol. The van der Waals surface area contributed by atoms with Crippen LogP contribution in [0.5, 0.6) is 17.4 Å². The maximum atomic E-state index is 13.4. The summed E-state index contributed by atoms with van der Waals surface area (Å²) in [4.78, 5) is 3.99. The molecule has 0 spiro atoms. The largest absolute Gasteiger partial charge is 0.495 e. The fourth-order valence-electron chi connectivity index (χ4n) is 1.22. The van der Waals surface area contributed by atoms with Gasteiger partial charge >= 0.3 is 0 Å². The number of nitrogens with zero attached hydrogens (tertiary/aromatic N) is 1. The van der Waals surface area contributed by atoms with Gasteiger partial charge in [0, 0.05) is 10.5 Å². The lowest BCUT2D eigenvalue weighted by atomic mass is 10.3. The topological polar surface area (TPSA) is 31.4 Å². The van der Waals surface area contributed by atoms with Gasteiger partial charge in [0.15, 0.2) is 11.6 Å². The molecule has 1 aromatic carbocycles. The summed E-state index contributed by atoms with van der Waals surface area (Å²) in [5.74, 6) is 0.609. The molecule has 0 fully saturated rings. The van der Waals surface area contributed by atoms with Crippen molar-refractivity contribution in [3.63, 3.8) is 0 Å². The third kappa shape index (κ3) is 2.94. The Bertz CT molecular complexity index is 516. The maximum Gasteiger partial charge on any atom is 0.219 e. The summed E-state index contributed by atoms with van der Waals surface area (Å²) in [6.07, 6.45) is 1.51. The van der Waals surface area contributed by atoms with Gasteiger partial charge in [-0.25, -0.2) is 9.37 Å². The molecule has 0 aliphatic carbocycles. The normalized spacial score (nSPS) is 10.1. The molecule has 1 aromatic heterocycles. The molecule has 17 heavy (non-hydrogen) atoms. The van der Waals surface area contributed by atoms with Crippen LogP contribution in [0.4, 0.5) is 4.39 Å². The summed E-state index contributed by atoms with van der Waals surface area (Å²) in [5, 5.41) is 0. The molecule has 0 bridgehead atoms. The number of hydrogen-bond acceptors (Lipinski definition) is 3. The Morgan fingerprint density at radius 2 is 2.06 bits per heavy atom. The molecule has 0 aliphatic rings. The van der Waals surface area contributed by atoms with Crippen molar-refractivity contribution < 1.29 is 13.9 Å². The summed E-state index contributed by atoms with van der Waals surface area (Å²) in [6, 6.07) is 7.77. The summed E-state index contributed by atoms with van der Waals surface area (Å²) in [5.41, 5.74) is 0. The average molecular weight is 298 g/mol. The van der Waals surface area contributed by atoms with E-state index in [2.05, 4.69) is 20.9 Å². The van der Waals surface area contributed by atoms with Crippen molar-refractivity contribution in [1.82, 2.24) is 4.98 Å². The number of benzene rings is 1. The van der Waals surface area contributed by atoms with E-state index in [1.165, 1.54) is 12.3 Å². The van der Waals surface area contributed by atoms with Crippen LogP contribution in [0.3, 0.4) is 0 Å². The highest BCUT2D eigenvalue weighted by Crippen LogP contribution is 2.26. The van der Waals surface area contributed by atoms with Crippen LogP contribution in [0.1, 0.15) is 0 Å². The van der Waals surface area contributed by atoms with Crippen molar-refractivity contribution in [2.45, 2.75) is 0 Å². The van der Waals surface area contributed by atoms with Gasteiger partial charge in [0.1, 0.15) is 5.75 Å². The van der Waals surface area contributed by atoms with Gasteiger partial charge in [0.2, 0.25) is 5.88 Å². The second-order valence-corrected chi connectivity index (χ2v) is 4.13. The van der Waals surface area contributed by atoms with Crippen molar-refractivity contribution in [1.29, 1.82) is 0 Å². The SMILES string of the molecule is COc1ccc(Oc2cc(Br)ccc2F)nc1. The van der Waals surface area contributed by atoms with Gasteiger partial charge in [0.25, 0.3) is 0 Å². The standard InChI is InChI=1S/C12H9BrFNO2/c1-16-9-3-5-12(15-7-9)17-11-6-8(13)2-4-10(11)14/h2-7H,1H3. The molecular formula is C12H9BrFNO2. The first kappa shape index (κ1) is 11.9. The third-order valence-electron chi connectivity index (χ3n) is 2.05. The van der Waals surface area contributed by atoms with Crippen LogP contribution in [0.2, 0.25) is 0 Å². The van der Waals surface area contributed by atoms with Crippen LogP contribution in [-0.2, 0) is 0 Å². The molecule has 1 heterocycles. The third-order valence-corrected chi connectivity index (χ3v) is 2.55. The predicted molar refractivity (Wildman–Crippen MR) is 65.0 cm³/mol. The number of hydrogen-bond donors (Lipinski definition) is 0. The highest BCUT2D eigenvalue weighted by Gasteiger charge is 2.06. The number of pyridine rings is 1. The Morgan fingerprint density at radius 3 is 2.71 bits per heavy atom. The molecule has 3 nitrogen and oxygen atoms in total. The number of ether oxygens (including phenoxy) is 2. The van der Waals surface area contributed by atoms with Crippen molar-refractivity contribution in [3.05, 3.63) is 46.8 Å². The highest BCUT2D eigenvalue weighted by molar-refractivity contribution is 9.10. The molecule has 0 saturated heterocycles. The van der Waals surface area contributed by atoms with Gasteiger partial charge < -0.3 is 9.47 Å². The molecule has 0 aliphatic heterocycles. The van der Waals surface area contributed by atoms with Gasteiger partial charge in [-0.2, -0.15) is 0 Å². The average Bonchev–Trinajstić information content (AvgIpc) is 2.35. The summed E-state index contributed by atoms with van der Waals surface area (Å²) in [7, 11) is 1.55. The predicted octanol–water partition coefficient (Wildman–Crippen LogP) is 3.78. The van der Waals surface area contributed by atoms with Gasteiger partial charge in [-0.15, -0.1) is 0 Å². The smallest absolute Gasteiger partial charge is 0.219 e. The molecule has 0 saturated carbocycles. The molecule has 0 atom stereocenters. The quantitative estimate of drug-likeness (QED) is 0.864. The van der Waals surface area contributed by atoms with Crippen molar-refractivity contribution in [2.75, 3.05) is 7.11 Å². The molecule has 2 aromatic rings. The minimum Gasteiger partial charge on any atom is -0.495 e. The first-order valence-electron chi connectivity index (χ1n) is 4.82. The summed E-state index contributed by atoms with van der Waals surface area (Å²) < 4.78 is 24.4. The Hall–Kier alpha value is -1.62. The molecular weight excluding hydrogens is 289 g/mol. The van der Waals surface area contributed by atoms with E-state index in [-0.39, 0.29) is 5.75 Å². The molecule has 2 rings (SSSR count). The maximum absolute atomic E-state index is 13.4. The molecule has 0 amide bonds. The van der Waals surface area contributed by atoms with Crippen LogP contribution in [0.25, 0.3) is 0 Å². The molecule has 88 valence electrons. The zero-order valence-electron chi connectivity index (χ0n) is 8.98. The van der Waals surface area contributed by atoms with Crippen LogP contribution in [-0.4, -0.2) is 12.1 Å². The van der Waals surface area contributed by atoms with E-state index in [0.717, 1.165) is 4.47 Å². The summed E-state index contributed by atoms with van der Waals surface area (Å²) in [6.45, 7) is 0. The Labute approximate surface area is 106 Å². The Kier molecular flexibility index (Phi) is 3.58. The molecule has 0 radical (unpaired) electrons. The lowest BCUT2D eigenvalue weighted by Crippen LogP contribution is -1.91. The van der Waals surface area contributed by atoms with E-state index in [1.807, 2.05) is 0 Å². The van der Waals surface area contributed by atoms with Gasteiger partial charge in [0.05, 0.1) is 13.3 Å². The zero-order valence-corrected chi connectivity index (χ0v) is 10.6. The minimum atomic E-state index is -0.439. The highest BCUT2D eigenvalue weighted by atomic mass is 79.9. The number of rotatable bonds is 3. The van der Waals surface area contributed by atoms with Gasteiger partial charge in [-0.1, -0.05) is 15.9 Å². The molecule has 5 heteroatoms. The van der Waals surface area contributed by atoms with Gasteiger partial charge in [-0.3, -0.25) is 0 Å². The van der Waals surface area contributed by atoms with Crippen LogP contribution < -0.4 is 9.47 Å². The lowest BCUT2D eigenvalue weighted by Gasteiger charge is -2.06. The van der Waals surface area contributed by atoms with Crippen LogP contribution >= 0.6 is 15.9 Å². The minimum absolute atomic E-state index is 0.122. The lowest BCUT2D eigenvalue weighted by molar-refractivity contribution is 0.403. The molecule has 0 N–H and O–H groups in total. The van der Waals surface area contributed by atoms with E-state index in [1.54, 1.807) is 31.4 Å². The summed E-state index contributed by atoms with van der Waals surface area (Å²) >= 11 is 3.25. The zero-order chi connectivity index (χ0) is 12.3. The Morgan fingerprint density at radius 1 is 1.24 bits per heavy atom. The fraction of sp³-hybridized carbons (Fsp3) is 0.0833. The van der Waals surface area contributed by atoms with E-state index < -0.39 is 5.82 Å². The van der Waals surface area contributed by atoms with E-state index in [0.29, 0.717) is 11.6 Å². The van der Waals surface area contributed by atoms with Gasteiger partial charge in [-0.05, 0) is 24.3 Å². The first-order valence-corrected chi connectivity index (χ1v) is 5.61. The van der Waals surface area contributed by atoms with Crippen LogP contribution in [0, 0.1) is 5.82 Å². The van der Waals surface area contributed by atoms with E-state index >= 15 is 0 Å². The fourth-order valence-corrected chi connectivity index (χ4v) is 1.56. The second-order valence-electron chi connectivity index (χ2n) is 3.21. The number of halogens is 2. The number of methoxy groups -OCH3 is 1. The molecule has 0 unspecified atom stereocenters. The Balaban J connectivity index is 2.22. The number of aromatic nitrogens is 1. The van der Waals surface area contributed by atoms with Crippen molar-refractivity contribution in [2.24, 2.45) is 0 Å². The first-order chi connectivity index (χ1) is 8.19.